The van der Waals surface area contributed by atoms with Crippen molar-refractivity contribution in [3.63, 3.8) is 0 Å². The number of imidazole rings is 1. The summed E-state index contributed by atoms with van der Waals surface area (Å²) >= 11 is 6.23. The largest absolute Gasteiger partial charge is 0.377 e. The molecule has 0 spiro atoms. The van der Waals surface area contributed by atoms with Crippen LogP contribution in [0.5, 0.6) is 0 Å². The quantitative estimate of drug-likeness (QED) is 0.663. The van der Waals surface area contributed by atoms with Gasteiger partial charge in [-0.15, -0.1) is 0 Å². The summed E-state index contributed by atoms with van der Waals surface area (Å²) in [5, 5.41) is 0.214. The minimum Gasteiger partial charge on any atom is -0.377 e. The van der Waals surface area contributed by atoms with Crippen molar-refractivity contribution in [1.29, 1.82) is 0 Å². The zero-order valence-corrected chi connectivity index (χ0v) is 14.8. The molecule has 4 rings (SSSR count). The molecule has 1 saturated heterocycles. The van der Waals surface area contributed by atoms with Crippen LogP contribution in [0, 0.1) is 0 Å². The number of morpholine rings is 1. The molecule has 0 N–H and O–H groups in total. The lowest BCUT2D eigenvalue weighted by Gasteiger charge is -2.34. The summed E-state index contributed by atoms with van der Waals surface area (Å²) in [7, 11) is 0. The zero-order valence-electron chi connectivity index (χ0n) is 14.1. The number of nitrogens with zero attached hydrogens (tertiary/aromatic N) is 7. The lowest BCUT2D eigenvalue weighted by atomic mass is 10.2. The number of halogens is 1. The van der Waals surface area contributed by atoms with E-state index in [-0.39, 0.29) is 11.3 Å². The van der Waals surface area contributed by atoms with Gasteiger partial charge in [-0.25, -0.2) is 15.0 Å². The fourth-order valence-corrected chi connectivity index (χ4v) is 3.30. The molecule has 1 aliphatic heterocycles. The molecule has 3 aromatic heterocycles. The van der Waals surface area contributed by atoms with Crippen molar-refractivity contribution in [1.82, 2.24) is 29.5 Å². The van der Waals surface area contributed by atoms with E-state index in [1.807, 2.05) is 11.5 Å². The Morgan fingerprint density at radius 1 is 1.24 bits per heavy atom. The monoisotopic (exact) mass is 359 g/mol. The van der Waals surface area contributed by atoms with E-state index in [1.165, 1.54) is 6.33 Å². The summed E-state index contributed by atoms with van der Waals surface area (Å²) in [6.45, 7) is 6.89. The van der Waals surface area contributed by atoms with Crippen LogP contribution in [0.15, 0.2) is 18.7 Å². The number of fused-ring (bicyclic) bond motifs is 1. The maximum absolute atomic E-state index is 6.23. The highest BCUT2D eigenvalue weighted by Crippen LogP contribution is 2.31. The Hall–Kier alpha value is -2.32. The first-order valence-electron chi connectivity index (χ1n) is 8.22. The molecular weight excluding hydrogens is 342 g/mol. The Kier molecular flexibility index (Phi) is 4.22. The molecule has 8 nitrogen and oxygen atoms in total. The second-order valence-corrected chi connectivity index (χ2v) is 6.25. The van der Waals surface area contributed by atoms with Crippen molar-refractivity contribution in [2.24, 2.45) is 0 Å². The highest BCUT2D eigenvalue weighted by molar-refractivity contribution is 6.28. The third kappa shape index (κ3) is 2.81. The average Bonchev–Trinajstić information content (AvgIpc) is 3.00. The third-order valence-corrected chi connectivity index (χ3v) is 4.49. The van der Waals surface area contributed by atoms with Gasteiger partial charge in [-0.2, -0.15) is 9.97 Å². The predicted octanol–water partition coefficient (Wildman–Crippen LogP) is 2.18. The standard InChI is InChI=1S/C16H18ClN7O/c1-3-23-13(11-6-18-9-19-7-11)20-12-14(23)21-16(17)22-15(12)24-4-5-25-8-10(24)2/h6-7,9-10H,3-5,8H2,1-2H3. The number of rotatable bonds is 3. The number of ether oxygens (including phenoxy) is 1. The summed E-state index contributed by atoms with van der Waals surface area (Å²) < 4.78 is 7.55. The third-order valence-electron chi connectivity index (χ3n) is 4.32. The Balaban J connectivity index is 1.94. The molecule has 0 aliphatic carbocycles. The van der Waals surface area contributed by atoms with Crippen LogP contribution in [-0.4, -0.2) is 55.3 Å². The normalized spacial score (nSPS) is 18.0. The highest BCUT2D eigenvalue weighted by atomic mass is 35.5. The number of hydrogen-bond acceptors (Lipinski definition) is 7. The van der Waals surface area contributed by atoms with Crippen molar-refractivity contribution >= 4 is 28.6 Å². The van der Waals surface area contributed by atoms with Crippen LogP contribution in [0.25, 0.3) is 22.6 Å². The van der Waals surface area contributed by atoms with Crippen LogP contribution in [0.3, 0.4) is 0 Å². The molecule has 0 radical (unpaired) electrons. The predicted molar refractivity (Wildman–Crippen MR) is 94.7 cm³/mol. The summed E-state index contributed by atoms with van der Waals surface area (Å²) in [6, 6.07) is 0.193. The molecule has 3 aromatic rings. The van der Waals surface area contributed by atoms with E-state index in [0.717, 1.165) is 34.9 Å². The van der Waals surface area contributed by atoms with Gasteiger partial charge in [-0.3, -0.25) is 0 Å². The molecule has 1 atom stereocenters. The number of aryl methyl sites for hydroxylation is 1. The summed E-state index contributed by atoms with van der Waals surface area (Å²) in [5.74, 6) is 1.51. The second-order valence-electron chi connectivity index (χ2n) is 5.91. The lowest BCUT2D eigenvalue weighted by molar-refractivity contribution is 0.0986. The van der Waals surface area contributed by atoms with Gasteiger partial charge in [0.1, 0.15) is 12.2 Å². The van der Waals surface area contributed by atoms with Crippen molar-refractivity contribution in [2.75, 3.05) is 24.7 Å². The molecule has 0 saturated carbocycles. The Morgan fingerprint density at radius 2 is 2.04 bits per heavy atom. The minimum atomic E-state index is 0.193. The van der Waals surface area contributed by atoms with Gasteiger partial charge in [0.2, 0.25) is 5.28 Å². The van der Waals surface area contributed by atoms with Crippen molar-refractivity contribution in [2.45, 2.75) is 26.4 Å². The molecule has 1 unspecified atom stereocenters. The summed E-state index contributed by atoms with van der Waals surface area (Å²) in [6.07, 6.45) is 4.98. The maximum Gasteiger partial charge on any atom is 0.226 e. The van der Waals surface area contributed by atoms with E-state index in [9.17, 15) is 0 Å². The number of anilines is 1. The van der Waals surface area contributed by atoms with E-state index in [0.29, 0.717) is 19.8 Å². The van der Waals surface area contributed by atoms with E-state index in [1.54, 1.807) is 12.4 Å². The maximum atomic E-state index is 6.23. The number of aromatic nitrogens is 6. The molecule has 130 valence electrons. The van der Waals surface area contributed by atoms with E-state index < -0.39 is 0 Å². The Morgan fingerprint density at radius 3 is 2.76 bits per heavy atom. The SMILES string of the molecule is CCn1c(-c2cncnc2)nc2c(N3CCOCC3C)nc(Cl)nc21. The lowest BCUT2D eigenvalue weighted by Crippen LogP contribution is -2.44. The molecule has 1 aliphatic rings. The van der Waals surface area contributed by atoms with E-state index in [4.69, 9.17) is 21.3 Å². The van der Waals surface area contributed by atoms with Gasteiger partial charge in [0.15, 0.2) is 17.0 Å². The van der Waals surface area contributed by atoms with Gasteiger partial charge in [-0.05, 0) is 25.4 Å². The molecule has 0 bridgehead atoms. The van der Waals surface area contributed by atoms with Gasteiger partial charge in [-0.1, -0.05) is 0 Å². The first-order valence-corrected chi connectivity index (χ1v) is 8.60. The fourth-order valence-electron chi connectivity index (χ4n) is 3.14. The van der Waals surface area contributed by atoms with Crippen LogP contribution >= 0.6 is 11.6 Å². The molecule has 4 heterocycles. The van der Waals surface area contributed by atoms with Crippen LogP contribution in [-0.2, 0) is 11.3 Å². The summed E-state index contributed by atoms with van der Waals surface area (Å²) in [4.78, 5) is 24.1. The molecule has 0 aromatic carbocycles. The van der Waals surface area contributed by atoms with Gasteiger partial charge in [0.25, 0.3) is 0 Å². The first-order chi connectivity index (χ1) is 12.2. The van der Waals surface area contributed by atoms with Crippen molar-refractivity contribution < 1.29 is 4.74 Å². The molecule has 9 heteroatoms. The van der Waals surface area contributed by atoms with Gasteiger partial charge >= 0.3 is 0 Å². The summed E-state index contributed by atoms with van der Waals surface area (Å²) in [5.41, 5.74) is 2.29. The molecular formula is C16H18ClN7O. The Bertz CT molecular complexity index is 898. The molecule has 1 fully saturated rings. The van der Waals surface area contributed by atoms with Crippen molar-refractivity contribution in [3.8, 4) is 11.4 Å². The van der Waals surface area contributed by atoms with E-state index >= 15 is 0 Å². The Labute approximate surface area is 149 Å². The zero-order chi connectivity index (χ0) is 17.4. The minimum absolute atomic E-state index is 0.193. The topological polar surface area (TPSA) is 81.9 Å². The van der Waals surface area contributed by atoms with Crippen molar-refractivity contribution in [3.05, 3.63) is 24.0 Å². The van der Waals surface area contributed by atoms with Crippen LogP contribution in [0.4, 0.5) is 5.82 Å². The van der Waals surface area contributed by atoms with Crippen LogP contribution in [0.1, 0.15) is 13.8 Å². The fraction of sp³-hybridized carbons (Fsp3) is 0.438. The highest BCUT2D eigenvalue weighted by Gasteiger charge is 2.26. The first kappa shape index (κ1) is 16.2. The molecule has 0 amide bonds. The average molecular weight is 360 g/mol. The smallest absolute Gasteiger partial charge is 0.226 e. The van der Waals surface area contributed by atoms with Crippen LogP contribution < -0.4 is 4.90 Å². The van der Waals surface area contributed by atoms with Gasteiger partial charge < -0.3 is 14.2 Å². The van der Waals surface area contributed by atoms with Gasteiger partial charge in [0, 0.05) is 25.5 Å². The number of hydrogen-bond donors (Lipinski definition) is 0. The van der Waals surface area contributed by atoms with E-state index in [2.05, 4.69) is 31.8 Å². The van der Waals surface area contributed by atoms with Gasteiger partial charge in [0.05, 0.1) is 24.8 Å². The second kappa shape index (κ2) is 6.53. The molecule has 25 heavy (non-hydrogen) atoms. The van der Waals surface area contributed by atoms with Crippen LogP contribution in [0.2, 0.25) is 5.28 Å².